The number of carboxylic acid groups (broad SMARTS) is 1. The van der Waals surface area contributed by atoms with Gasteiger partial charge < -0.3 is 5.11 Å². The van der Waals surface area contributed by atoms with Crippen molar-refractivity contribution < 1.29 is 18.3 Å². The summed E-state index contributed by atoms with van der Waals surface area (Å²) in [6, 6.07) is 6.57. The van der Waals surface area contributed by atoms with E-state index in [1.54, 1.807) is 12.1 Å². The Labute approximate surface area is 113 Å². The molecule has 0 amide bonds. The van der Waals surface area contributed by atoms with Crippen LogP contribution in [-0.4, -0.2) is 37.4 Å². The fourth-order valence-corrected chi connectivity index (χ4v) is 2.84. The van der Waals surface area contributed by atoms with E-state index in [0.717, 1.165) is 16.3 Å². The van der Waals surface area contributed by atoms with E-state index in [4.69, 9.17) is 5.11 Å². The molecule has 1 aromatic carbocycles. The van der Waals surface area contributed by atoms with Crippen molar-refractivity contribution in [3.63, 3.8) is 0 Å². The Morgan fingerprint density at radius 3 is 2.21 bits per heavy atom. The van der Waals surface area contributed by atoms with Crippen molar-refractivity contribution in [3.05, 3.63) is 29.8 Å². The molecule has 6 heteroatoms. The van der Waals surface area contributed by atoms with Crippen molar-refractivity contribution >= 4 is 16.0 Å². The van der Waals surface area contributed by atoms with Crippen molar-refractivity contribution in [2.45, 2.75) is 25.2 Å². The van der Waals surface area contributed by atoms with Gasteiger partial charge in [-0.2, -0.15) is 4.31 Å². The first kappa shape index (κ1) is 15.7. The van der Waals surface area contributed by atoms with Gasteiger partial charge in [-0.05, 0) is 30.0 Å². The maximum atomic E-state index is 12.1. The van der Waals surface area contributed by atoms with Gasteiger partial charge >= 0.3 is 5.97 Å². The lowest BCUT2D eigenvalue weighted by Crippen LogP contribution is -2.32. The SMILES string of the molecule is CC(C)Cc1ccc(S(=O)(=O)N(C)CC(=O)O)cc1. The van der Waals surface area contributed by atoms with Gasteiger partial charge in [-0.25, -0.2) is 8.42 Å². The third kappa shape index (κ3) is 4.33. The van der Waals surface area contributed by atoms with Crippen molar-refractivity contribution in [2.75, 3.05) is 13.6 Å². The standard InChI is InChI=1S/C13H19NO4S/c1-10(2)8-11-4-6-12(7-5-11)19(17,18)14(3)9-13(15)16/h4-7,10H,8-9H2,1-3H3,(H,15,16). The number of likely N-dealkylation sites (N-methyl/N-ethyl adjacent to an activating group) is 1. The minimum Gasteiger partial charge on any atom is -0.480 e. The van der Waals surface area contributed by atoms with Crippen LogP contribution in [-0.2, 0) is 21.2 Å². The fraction of sp³-hybridized carbons (Fsp3) is 0.462. The summed E-state index contributed by atoms with van der Waals surface area (Å²) >= 11 is 0. The highest BCUT2D eigenvalue weighted by Crippen LogP contribution is 2.16. The molecule has 0 bridgehead atoms. The van der Waals surface area contributed by atoms with Gasteiger partial charge in [0, 0.05) is 7.05 Å². The maximum Gasteiger partial charge on any atom is 0.318 e. The van der Waals surface area contributed by atoms with Crippen LogP contribution in [0.2, 0.25) is 0 Å². The summed E-state index contributed by atoms with van der Waals surface area (Å²) in [7, 11) is -2.47. The van der Waals surface area contributed by atoms with Crippen LogP contribution in [0.25, 0.3) is 0 Å². The second-order valence-electron chi connectivity index (χ2n) is 4.90. The molecule has 106 valence electrons. The first-order valence-electron chi connectivity index (χ1n) is 6.00. The number of carbonyl (C=O) groups is 1. The normalized spacial score (nSPS) is 12.1. The smallest absolute Gasteiger partial charge is 0.318 e. The van der Waals surface area contributed by atoms with Gasteiger partial charge in [0.25, 0.3) is 0 Å². The molecule has 0 spiro atoms. The van der Waals surface area contributed by atoms with Gasteiger partial charge in [-0.15, -0.1) is 0 Å². The van der Waals surface area contributed by atoms with Gasteiger partial charge in [0.1, 0.15) is 6.54 Å². The predicted molar refractivity (Wildman–Crippen MR) is 72.4 cm³/mol. The average molecular weight is 285 g/mol. The summed E-state index contributed by atoms with van der Waals surface area (Å²) in [5, 5.41) is 8.63. The van der Waals surface area contributed by atoms with E-state index >= 15 is 0 Å². The Morgan fingerprint density at radius 1 is 1.26 bits per heavy atom. The van der Waals surface area contributed by atoms with Crippen molar-refractivity contribution in [1.82, 2.24) is 4.31 Å². The number of carboxylic acids is 1. The van der Waals surface area contributed by atoms with E-state index in [2.05, 4.69) is 13.8 Å². The molecule has 0 atom stereocenters. The zero-order valence-electron chi connectivity index (χ0n) is 11.3. The number of benzene rings is 1. The first-order valence-corrected chi connectivity index (χ1v) is 7.44. The van der Waals surface area contributed by atoms with Crippen LogP contribution < -0.4 is 0 Å². The third-order valence-corrected chi connectivity index (χ3v) is 4.45. The second kappa shape index (κ2) is 6.16. The van der Waals surface area contributed by atoms with Crippen LogP contribution in [0, 0.1) is 5.92 Å². The average Bonchev–Trinajstić information content (AvgIpc) is 2.27. The van der Waals surface area contributed by atoms with Crippen molar-refractivity contribution in [3.8, 4) is 0 Å². The summed E-state index contributed by atoms with van der Waals surface area (Å²) in [5.41, 5.74) is 1.06. The molecule has 1 rings (SSSR count). The number of sulfonamides is 1. The molecule has 5 nitrogen and oxygen atoms in total. The molecule has 1 aromatic rings. The highest BCUT2D eigenvalue weighted by atomic mass is 32.2. The molecule has 0 heterocycles. The van der Waals surface area contributed by atoms with E-state index in [1.807, 2.05) is 0 Å². The molecule has 0 aliphatic carbocycles. The zero-order valence-corrected chi connectivity index (χ0v) is 12.1. The van der Waals surface area contributed by atoms with Crippen LogP contribution in [0.5, 0.6) is 0 Å². The molecule has 0 saturated carbocycles. The molecule has 0 fully saturated rings. The molecule has 0 radical (unpaired) electrons. The first-order chi connectivity index (χ1) is 8.73. The highest BCUT2D eigenvalue weighted by Gasteiger charge is 2.22. The quantitative estimate of drug-likeness (QED) is 0.861. The Bertz CT molecular complexity index is 534. The predicted octanol–water partition coefficient (Wildman–Crippen LogP) is 1.59. The number of aliphatic carboxylic acids is 1. The van der Waals surface area contributed by atoms with Crippen molar-refractivity contribution in [1.29, 1.82) is 0 Å². The van der Waals surface area contributed by atoms with E-state index in [9.17, 15) is 13.2 Å². The van der Waals surface area contributed by atoms with Crippen LogP contribution in [0.15, 0.2) is 29.2 Å². The summed E-state index contributed by atoms with van der Waals surface area (Å²) < 4.78 is 25.0. The minimum absolute atomic E-state index is 0.115. The molecule has 0 aliphatic rings. The zero-order chi connectivity index (χ0) is 14.6. The van der Waals surface area contributed by atoms with Gasteiger partial charge in [-0.3, -0.25) is 4.79 Å². The molecular weight excluding hydrogens is 266 g/mol. The minimum atomic E-state index is -3.73. The lowest BCUT2D eigenvalue weighted by atomic mass is 10.0. The summed E-state index contributed by atoms with van der Waals surface area (Å²) in [6.07, 6.45) is 0.880. The molecular formula is C13H19NO4S. The van der Waals surface area contributed by atoms with E-state index in [1.165, 1.54) is 19.2 Å². The van der Waals surface area contributed by atoms with Gasteiger partial charge in [0.05, 0.1) is 4.90 Å². The Hall–Kier alpha value is -1.40. The topological polar surface area (TPSA) is 74.7 Å². The fourth-order valence-electron chi connectivity index (χ4n) is 1.72. The molecule has 0 saturated heterocycles. The molecule has 1 N–H and O–H groups in total. The second-order valence-corrected chi connectivity index (χ2v) is 6.94. The van der Waals surface area contributed by atoms with Crippen molar-refractivity contribution in [2.24, 2.45) is 5.92 Å². The van der Waals surface area contributed by atoms with Crippen LogP contribution in [0.1, 0.15) is 19.4 Å². The van der Waals surface area contributed by atoms with E-state index < -0.39 is 22.5 Å². The summed E-state index contributed by atoms with van der Waals surface area (Å²) in [5.74, 6) is -0.681. The van der Waals surface area contributed by atoms with Gasteiger partial charge in [0.15, 0.2) is 0 Å². The number of hydrogen-bond acceptors (Lipinski definition) is 3. The Balaban J connectivity index is 2.93. The Kier molecular flexibility index (Phi) is 5.08. The molecule has 0 aliphatic heterocycles. The number of nitrogens with zero attached hydrogens (tertiary/aromatic N) is 1. The lowest BCUT2D eigenvalue weighted by Gasteiger charge is -2.15. The lowest BCUT2D eigenvalue weighted by molar-refractivity contribution is -0.137. The maximum absolute atomic E-state index is 12.1. The number of hydrogen-bond donors (Lipinski definition) is 1. The molecule has 0 unspecified atom stereocenters. The molecule has 0 aromatic heterocycles. The largest absolute Gasteiger partial charge is 0.480 e. The highest BCUT2D eigenvalue weighted by molar-refractivity contribution is 7.89. The summed E-state index contributed by atoms with van der Waals surface area (Å²) in [4.78, 5) is 10.7. The van der Waals surface area contributed by atoms with Gasteiger partial charge in [0.2, 0.25) is 10.0 Å². The third-order valence-electron chi connectivity index (χ3n) is 2.63. The van der Waals surface area contributed by atoms with Crippen LogP contribution in [0.4, 0.5) is 0 Å². The molecule has 19 heavy (non-hydrogen) atoms. The van der Waals surface area contributed by atoms with Crippen LogP contribution >= 0.6 is 0 Å². The van der Waals surface area contributed by atoms with Gasteiger partial charge in [-0.1, -0.05) is 26.0 Å². The van der Waals surface area contributed by atoms with E-state index in [0.29, 0.717) is 5.92 Å². The monoisotopic (exact) mass is 285 g/mol. The number of rotatable bonds is 6. The van der Waals surface area contributed by atoms with Crippen LogP contribution in [0.3, 0.4) is 0 Å². The summed E-state index contributed by atoms with van der Waals surface area (Å²) in [6.45, 7) is 3.63. The Morgan fingerprint density at radius 2 is 1.79 bits per heavy atom. The van der Waals surface area contributed by atoms with E-state index in [-0.39, 0.29) is 4.90 Å².